The van der Waals surface area contributed by atoms with E-state index in [9.17, 15) is 19.6 Å². The molecule has 1 atom stereocenters. The Kier molecular flexibility index (Phi) is 6.94. The number of carbonyl (C=O) groups is 3. The molecule has 1 aromatic carbocycles. The molecule has 2 aromatic rings. The van der Waals surface area contributed by atoms with Crippen LogP contribution in [0.4, 0.5) is 11.4 Å². The first-order valence-electron chi connectivity index (χ1n) is 8.28. The summed E-state index contributed by atoms with van der Waals surface area (Å²) in [5.41, 5.74) is 1.93. The standard InChI is InChI=1S/C19H20N4O5/c1-12(17-8-5-9-28-17)20-10-15(16(25)11-24)21-14-7-4-6-13(18(14)22-27)19(26)23(2)3/h4-12,22,27H,1-3H3. The van der Waals surface area contributed by atoms with Gasteiger partial charge in [0.25, 0.3) is 5.91 Å². The van der Waals surface area contributed by atoms with Gasteiger partial charge in [0.05, 0.1) is 29.4 Å². The first-order chi connectivity index (χ1) is 13.4. The highest BCUT2D eigenvalue weighted by Gasteiger charge is 2.18. The summed E-state index contributed by atoms with van der Waals surface area (Å²) in [5, 5.41) is 9.49. The van der Waals surface area contributed by atoms with E-state index >= 15 is 0 Å². The number of aliphatic imine (C=N–C) groups is 2. The van der Waals surface area contributed by atoms with Gasteiger partial charge in [-0.15, -0.1) is 0 Å². The van der Waals surface area contributed by atoms with E-state index in [0.29, 0.717) is 5.76 Å². The van der Waals surface area contributed by atoms with Gasteiger partial charge in [-0.3, -0.25) is 30.1 Å². The second-order valence-corrected chi connectivity index (χ2v) is 5.96. The number of benzene rings is 1. The lowest BCUT2D eigenvalue weighted by molar-refractivity contribution is -0.125. The molecule has 0 aliphatic rings. The maximum absolute atomic E-state index is 12.3. The van der Waals surface area contributed by atoms with Crippen molar-refractivity contribution in [3.63, 3.8) is 0 Å². The monoisotopic (exact) mass is 384 g/mol. The lowest BCUT2D eigenvalue weighted by Gasteiger charge is -2.14. The average Bonchev–Trinajstić information content (AvgIpc) is 3.24. The van der Waals surface area contributed by atoms with E-state index < -0.39 is 11.8 Å². The molecule has 2 N–H and O–H groups in total. The molecule has 0 aliphatic carbocycles. The minimum absolute atomic E-state index is 0.00452. The number of hydrogen-bond acceptors (Lipinski definition) is 8. The zero-order valence-corrected chi connectivity index (χ0v) is 15.6. The molecule has 0 fully saturated rings. The normalized spacial score (nSPS) is 12.6. The lowest BCUT2D eigenvalue weighted by atomic mass is 10.1. The minimum Gasteiger partial charge on any atom is -0.467 e. The van der Waals surface area contributed by atoms with E-state index in [1.807, 2.05) is 5.48 Å². The van der Waals surface area contributed by atoms with Crippen LogP contribution in [0.15, 0.2) is 51.0 Å². The van der Waals surface area contributed by atoms with Crippen molar-refractivity contribution in [2.75, 3.05) is 19.6 Å². The summed E-state index contributed by atoms with van der Waals surface area (Å²) in [6.45, 7) is 1.75. The van der Waals surface area contributed by atoms with Gasteiger partial charge >= 0.3 is 0 Å². The van der Waals surface area contributed by atoms with Crippen LogP contribution in [0.5, 0.6) is 0 Å². The van der Waals surface area contributed by atoms with Crippen molar-refractivity contribution in [3.05, 3.63) is 47.9 Å². The van der Waals surface area contributed by atoms with Gasteiger partial charge in [-0.05, 0) is 31.2 Å². The molecule has 1 amide bonds. The molecule has 9 nitrogen and oxygen atoms in total. The molecule has 0 aliphatic heterocycles. The maximum Gasteiger partial charge on any atom is 0.255 e. The lowest BCUT2D eigenvalue weighted by Crippen LogP contribution is -2.23. The van der Waals surface area contributed by atoms with Gasteiger partial charge in [0.15, 0.2) is 6.29 Å². The predicted molar refractivity (Wildman–Crippen MR) is 104 cm³/mol. The Morgan fingerprint density at radius 1 is 1.25 bits per heavy atom. The van der Waals surface area contributed by atoms with E-state index in [1.165, 1.54) is 23.3 Å². The summed E-state index contributed by atoms with van der Waals surface area (Å²) in [7, 11) is 3.12. The van der Waals surface area contributed by atoms with Crippen LogP contribution in [0.2, 0.25) is 0 Å². The van der Waals surface area contributed by atoms with E-state index in [0.717, 1.165) is 6.21 Å². The Morgan fingerprint density at radius 3 is 2.57 bits per heavy atom. The number of amides is 1. The summed E-state index contributed by atoms with van der Waals surface area (Å²) in [6.07, 6.45) is 2.77. The molecule has 9 heteroatoms. The Bertz CT molecular complexity index is 916. The topological polar surface area (TPSA) is 125 Å². The molecule has 1 unspecified atom stereocenters. The smallest absolute Gasteiger partial charge is 0.255 e. The Morgan fingerprint density at radius 2 is 2.00 bits per heavy atom. The van der Waals surface area contributed by atoms with Crippen molar-refractivity contribution < 1.29 is 24.0 Å². The Balaban J connectivity index is 2.47. The number of anilines is 1. The number of nitrogens with zero attached hydrogens (tertiary/aromatic N) is 3. The van der Waals surface area contributed by atoms with Crippen LogP contribution in [-0.2, 0) is 9.59 Å². The second kappa shape index (κ2) is 9.38. The van der Waals surface area contributed by atoms with Gasteiger partial charge < -0.3 is 9.32 Å². The molecule has 2 rings (SSSR count). The van der Waals surface area contributed by atoms with Crippen LogP contribution < -0.4 is 5.48 Å². The maximum atomic E-state index is 12.3. The minimum atomic E-state index is -0.899. The predicted octanol–water partition coefficient (Wildman–Crippen LogP) is 2.46. The summed E-state index contributed by atoms with van der Waals surface area (Å²) >= 11 is 0. The van der Waals surface area contributed by atoms with Gasteiger partial charge in [-0.1, -0.05) is 6.07 Å². The summed E-state index contributed by atoms with van der Waals surface area (Å²) in [4.78, 5) is 44.9. The van der Waals surface area contributed by atoms with Crippen LogP contribution in [-0.4, -0.2) is 54.1 Å². The van der Waals surface area contributed by atoms with Gasteiger partial charge in [0, 0.05) is 14.1 Å². The number of Topliss-reactive ketones (excluding diaryl/α,β-unsaturated/α-hetero) is 1. The SMILES string of the molecule is CC(N=CC(=Nc1cccc(C(=O)N(C)C)c1NO)C(=O)C=O)c1ccco1. The fourth-order valence-corrected chi connectivity index (χ4v) is 2.29. The van der Waals surface area contributed by atoms with Crippen LogP contribution in [0.1, 0.15) is 29.1 Å². The van der Waals surface area contributed by atoms with E-state index in [4.69, 9.17) is 4.42 Å². The molecule has 0 radical (unpaired) electrons. The van der Waals surface area contributed by atoms with Crippen LogP contribution >= 0.6 is 0 Å². The number of furan rings is 1. The summed E-state index contributed by atoms with van der Waals surface area (Å²) < 4.78 is 5.24. The first-order valence-corrected chi connectivity index (χ1v) is 8.28. The van der Waals surface area contributed by atoms with Crippen LogP contribution in [0, 0.1) is 0 Å². The zero-order chi connectivity index (χ0) is 20.7. The zero-order valence-electron chi connectivity index (χ0n) is 15.6. The first kappa shape index (κ1) is 20.7. The number of hydrogen-bond donors (Lipinski definition) is 2. The molecule has 0 spiro atoms. The molecule has 1 aromatic heterocycles. The van der Waals surface area contributed by atoms with Gasteiger partial charge in [-0.2, -0.15) is 0 Å². The highest BCUT2D eigenvalue weighted by atomic mass is 16.5. The molecule has 0 saturated carbocycles. The van der Waals surface area contributed by atoms with Crippen LogP contribution in [0.25, 0.3) is 0 Å². The summed E-state index contributed by atoms with van der Waals surface area (Å²) in [6, 6.07) is 7.55. The Labute approximate surface area is 161 Å². The number of aldehydes is 1. The van der Waals surface area contributed by atoms with Crippen molar-refractivity contribution in [3.8, 4) is 0 Å². The van der Waals surface area contributed by atoms with Crippen LogP contribution in [0.3, 0.4) is 0 Å². The third kappa shape index (κ3) is 4.77. The van der Waals surface area contributed by atoms with E-state index in [1.54, 1.807) is 39.2 Å². The third-order valence-corrected chi connectivity index (χ3v) is 3.77. The van der Waals surface area contributed by atoms with Gasteiger partial charge in [0.1, 0.15) is 17.5 Å². The van der Waals surface area contributed by atoms with Gasteiger partial charge in [0.2, 0.25) is 5.78 Å². The summed E-state index contributed by atoms with van der Waals surface area (Å²) in [5.74, 6) is -0.703. The van der Waals surface area contributed by atoms with E-state index in [-0.39, 0.29) is 34.8 Å². The number of carbonyl (C=O) groups excluding carboxylic acids is 3. The molecule has 1 heterocycles. The van der Waals surface area contributed by atoms with Crippen molar-refractivity contribution in [2.24, 2.45) is 9.98 Å². The fourth-order valence-electron chi connectivity index (χ4n) is 2.29. The van der Waals surface area contributed by atoms with Gasteiger partial charge in [-0.25, -0.2) is 4.99 Å². The second-order valence-electron chi connectivity index (χ2n) is 5.96. The number of ketones is 1. The number of rotatable bonds is 8. The molecule has 0 bridgehead atoms. The third-order valence-electron chi connectivity index (χ3n) is 3.77. The number of nitrogens with one attached hydrogen (secondary N) is 1. The molecular formula is C19H20N4O5. The highest BCUT2D eigenvalue weighted by Crippen LogP contribution is 2.29. The quantitative estimate of drug-likeness (QED) is 0.312. The van der Waals surface area contributed by atoms with Crippen molar-refractivity contribution in [2.45, 2.75) is 13.0 Å². The van der Waals surface area contributed by atoms with Crippen molar-refractivity contribution in [1.29, 1.82) is 0 Å². The largest absolute Gasteiger partial charge is 0.467 e. The van der Waals surface area contributed by atoms with Crippen molar-refractivity contribution >= 4 is 41.3 Å². The van der Waals surface area contributed by atoms with Crippen molar-refractivity contribution in [1.82, 2.24) is 4.90 Å². The highest BCUT2D eigenvalue weighted by molar-refractivity contribution is 6.73. The Hall–Kier alpha value is -3.59. The molecule has 0 saturated heterocycles. The fraction of sp³-hybridized carbons (Fsp3) is 0.211. The molecule has 28 heavy (non-hydrogen) atoms. The molecule has 146 valence electrons. The molecular weight excluding hydrogens is 364 g/mol. The average molecular weight is 384 g/mol. The van der Waals surface area contributed by atoms with E-state index in [2.05, 4.69) is 9.98 Å². The number of para-hydroxylation sites is 1.